The third kappa shape index (κ3) is 2.94. The number of hydrogen-bond acceptors (Lipinski definition) is 6. The molecule has 7 heteroatoms. The average Bonchev–Trinajstić information content (AvgIpc) is 3.06. The highest BCUT2D eigenvalue weighted by atomic mass is 16.5. The standard InChI is InChI=1S/C14H22N4O3/c1-14(2,3)13-15-11(16-17-13)10-8-18(5-7-20-10)9-4-6-21-12(9)19/h9-10H,4-8H2,1-3H3,(H,15,16,17)/t9-,10+/m0/s1. The molecule has 116 valence electrons. The SMILES string of the molecule is CC(C)(C)c1n[nH]c([C@H]2CN([C@H]3CCOC3=O)CCO2)n1. The molecule has 0 bridgehead atoms. The Bertz CT molecular complexity index is 523. The van der Waals surface area contributed by atoms with E-state index in [1.54, 1.807) is 0 Å². The third-order valence-electron chi connectivity index (χ3n) is 3.92. The molecule has 2 atom stereocenters. The van der Waals surface area contributed by atoms with Gasteiger partial charge in [0.05, 0.1) is 13.2 Å². The smallest absolute Gasteiger partial charge is 0.323 e. The second-order valence-electron chi connectivity index (χ2n) is 6.62. The van der Waals surface area contributed by atoms with Crippen LogP contribution in [-0.2, 0) is 19.7 Å². The average molecular weight is 294 g/mol. The van der Waals surface area contributed by atoms with Crippen LogP contribution in [-0.4, -0.2) is 58.4 Å². The minimum Gasteiger partial charge on any atom is -0.464 e. The summed E-state index contributed by atoms with van der Waals surface area (Å²) < 4.78 is 10.8. The predicted octanol–water partition coefficient (Wildman–Crippen LogP) is 0.791. The molecule has 1 aromatic rings. The van der Waals surface area contributed by atoms with Crippen molar-refractivity contribution in [1.82, 2.24) is 20.1 Å². The molecule has 0 spiro atoms. The molecule has 1 N–H and O–H groups in total. The minimum absolute atomic E-state index is 0.0988. The molecular weight excluding hydrogens is 272 g/mol. The van der Waals surface area contributed by atoms with Crippen LogP contribution in [0.15, 0.2) is 0 Å². The number of aromatic nitrogens is 3. The number of ether oxygens (including phenoxy) is 2. The summed E-state index contributed by atoms with van der Waals surface area (Å²) in [5, 5.41) is 7.25. The summed E-state index contributed by atoms with van der Waals surface area (Å²) >= 11 is 0. The molecule has 0 radical (unpaired) electrons. The molecule has 2 saturated heterocycles. The van der Waals surface area contributed by atoms with Gasteiger partial charge in [-0.05, 0) is 0 Å². The zero-order valence-corrected chi connectivity index (χ0v) is 12.8. The first kappa shape index (κ1) is 14.5. The van der Waals surface area contributed by atoms with Gasteiger partial charge in [-0.3, -0.25) is 14.8 Å². The number of esters is 1. The Hall–Kier alpha value is -1.47. The first-order valence-electron chi connectivity index (χ1n) is 7.40. The Balaban J connectivity index is 1.71. The lowest BCUT2D eigenvalue weighted by Crippen LogP contribution is -2.46. The quantitative estimate of drug-likeness (QED) is 0.812. The number of carbonyl (C=O) groups excluding carboxylic acids is 1. The molecule has 0 aliphatic carbocycles. The van der Waals surface area contributed by atoms with Gasteiger partial charge in [0, 0.05) is 24.9 Å². The molecule has 0 unspecified atom stereocenters. The van der Waals surface area contributed by atoms with E-state index in [-0.39, 0.29) is 23.5 Å². The van der Waals surface area contributed by atoms with Gasteiger partial charge in [-0.15, -0.1) is 0 Å². The molecule has 1 aromatic heterocycles. The lowest BCUT2D eigenvalue weighted by Gasteiger charge is -2.34. The Kier molecular flexibility index (Phi) is 3.71. The zero-order valence-electron chi connectivity index (χ0n) is 12.8. The largest absolute Gasteiger partial charge is 0.464 e. The summed E-state index contributed by atoms with van der Waals surface area (Å²) in [7, 11) is 0. The first-order valence-corrected chi connectivity index (χ1v) is 7.40. The van der Waals surface area contributed by atoms with E-state index in [0.717, 1.165) is 24.6 Å². The van der Waals surface area contributed by atoms with Crippen molar-refractivity contribution >= 4 is 5.97 Å². The zero-order chi connectivity index (χ0) is 15.0. The lowest BCUT2D eigenvalue weighted by atomic mass is 9.96. The van der Waals surface area contributed by atoms with Gasteiger partial charge in [-0.2, -0.15) is 5.10 Å². The molecule has 3 rings (SSSR count). The molecular formula is C14H22N4O3. The highest BCUT2D eigenvalue weighted by Crippen LogP contribution is 2.25. The molecule has 0 amide bonds. The second-order valence-corrected chi connectivity index (χ2v) is 6.62. The van der Waals surface area contributed by atoms with Crippen molar-refractivity contribution in [3.63, 3.8) is 0 Å². The molecule has 2 aliphatic heterocycles. The number of H-pyrrole nitrogens is 1. The van der Waals surface area contributed by atoms with Gasteiger partial charge in [0.15, 0.2) is 11.6 Å². The normalized spacial score (nSPS) is 27.9. The van der Waals surface area contributed by atoms with E-state index in [4.69, 9.17) is 9.47 Å². The van der Waals surface area contributed by atoms with Crippen LogP contribution in [0.5, 0.6) is 0 Å². The van der Waals surface area contributed by atoms with E-state index in [2.05, 4.69) is 40.9 Å². The van der Waals surface area contributed by atoms with E-state index in [1.807, 2.05) is 0 Å². The van der Waals surface area contributed by atoms with Crippen molar-refractivity contribution in [2.24, 2.45) is 0 Å². The van der Waals surface area contributed by atoms with Crippen LogP contribution in [0.3, 0.4) is 0 Å². The van der Waals surface area contributed by atoms with Crippen molar-refractivity contribution in [1.29, 1.82) is 0 Å². The Morgan fingerprint density at radius 3 is 2.76 bits per heavy atom. The number of cyclic esters (lactones) is 1. The topological polar surface area (TPSA) is 80.3 Å². The number of hydrogen-bond donors (Lipinski definition) is 1. The lowest BCUT2D eigenvalue weighted by molar-refractivity contribution is -0.144. The van der Waals surface area contributed by atoms with Crippen molar-refractivity contribution in [3.8, 4) is 0 Å². The Labute approximate surface area is 124 Å². The van der Waals surface area contributed by atoms with E-state index < -0.39 is 0 Å². The van der Waals surface area contributed by atoms with Crippen molar-refractivity contribution in [3.05, 3.63) is 11.6 Å². The number of nitrogens with one attached hydrogen (secondary N) is 1. The van der Waals surface area contributed by atoms with E-state index in [0.29, 0.717) is 19.8 Å². The van der Waals surface area contributed by atoms with Gasteiger partial charge in [-0.1, -0.05) is 20.8 Å². The van der Waals surface area contributed by atoms with Crippen LogP contribution < -0.4 is 0 Å². The fraction of sp³-hybridized carbons (Fsp3) is 0.786. The summed E-state index contributed by atoms with van der Waals surface area (Å²) in [6.07, 6.45) is 0.589. The van der Waals surface area contributed by atoms with Crippen LogP contribution >= 0.6 is 0 Å². The molecule has 2 aliphatic rings. The van der Waals surface area contributed by atoms with Crippen molar-refractivity contribution in [2.45, 2.75) is 44.8 Å². The number of morpholine rings is 1. The van der Waals surface area contributed by atoms with E-state index in [9.17, 15) is 4.79 Å². The van der Waals surface area contributed by atoms with Crippen LogP contribution in [0.2, 0.25) is 0 Å². The molecule has 7 nitrogen and oxygen atoms in total. The molecule has 21 heavy (non-hydrogen) atoms. The first-order chi connectivity index (χ1) is 9.95. The van der Waals surface area contributed by atoms with Crippen LogP contribution in [0.4, 0.5) is 0 Å². The van der Waals surface area contributed by atoms with Crippen LogP contribution in [0, 0.1) is 0 Å². The van der Waals surface area contributed by atoms with E-state index in [1.165, 1.54) is 0 Å². The summed E-state index contributed by atoms with van der Waals surface area (Å²) in [6, 6.07) is -0.138. The van der Waals surface area contributed by atoms with Gasteiger partial charge in [-0.25, -0.2) is 4.98 Å². The Morgan fingerprint density at radius 2 is 2.14 bits per heavy atom. The summed E-state index contributed by atoms with van der Waals surface area (Å²) in [4.78, 5) is 18.4. The third-order valence-corrected chi connectivity index (χ3v) is 3.92. The van der Waals surface area contributed by atoms with Crippen molar-refractivity contribution in [2.75, 3.05) is 26.3 Å². The van der Waals surface area contributed by atoms with Gasteiger partial charge in [0.1, 0.15) is 12.1 Å². The molecule has 2 fully saturated rings. The second kappa shape index (κ2) is 5.38. The fourth-order valence-electron chi connectivity index (χ4n) is 2.69. The number of aromatic amines is 1. The van der Waals surface area contributed by atoms with Crippen molar-refractivity contribution < 1.29 is 14.3 Å². The highest BCUT2D eigenvalue weighted by molar-refractivity contribution is 5.77. The van der Waals surface area contributed by atoms with Crippen LogP contribution in [0.25, 0.3) is 0 Å². The molecule has 0 saturated carbocycles. The van der Waals surface area contributed by atoms with Gasteiger partial charge in [0.25, 0.3) is 0 Å². The number of carbonyl (C=O) groups is 1. The number of rotatable bonds is 2. The highest BCUT2D eigenvalue weighted by Gasteiger charge is 2.36. The number of nitrogens with zero attached hydrogens (tertiary/aromatic N) is 3. The van der Waals surface area contributed by atoms with Gasteiger partial charge < -0.3 is 9.47 Å². The molecule has 0 aromatic carbocycles. The molecule has 3 heterocycles. The monoisotopic (exact) mass is 294 g/mol. The maximum Gasteiger partial charge on any atom is 0.323 e. The summed E-state index contributed by atoms with van der Waals surface area (Å²) in [5.41, 5.74) is -0.0988. The van der Waals surface area contributed by atoms with Crippen LogP contribution in [0.1, 0.15) is 44.9 Å². The van der Waals surface area contributed by atoms with Gasteiger partial charge in [0.2, 0.25) is 0 Å². The fourth-order valence-corrected chi connectivity index (χ4v) is 2.69. The minimum atomic E-state index is -0.171. The maximum atomic E-state index is 11.7. The maximum absolute atomic E-state index is 11.7. The van der Waals surface area contributed by atoms with Gasteiger partial charge >= 0.3 is 5.97 Å². The summed E-state index contributed by atoms with van der Waals surface area (Å²) in [6.45, 7) is 8.70. The van der Waals surface area contributed by atoms with E-state index >= 15 is 0 Å². The summed E-state index contributed by atoms with van der Waals surface area (Å²) in [5.74, 6) is 1.39. The Morgan fingerprint density at radius 1 is 1.33 bits per heavy atom. The predicted molar refractivity (Wildman–Crippen MR) is 74.7 cm³/mol.